The molecule has 0 aromatic heterocycles. The van der Waals surface area contributed by atoms with Gasteiger partial charge in [0, 0.05) is 0 Å². The fourth-order valence-corrected chi connectivity index (χ4v) is 1.66. The second kappa shape index (κ2) is 5.86. The van der Waals surface area contributed by atoms with Crippen molar-refractivity contribution in [3.05, 3.63) is 33.8 Å². The third-order valence-electron chi connectivity index (χ3n) is 1.97. The van der Waals surface area contributed by atoms with Crippen molar-refractivity contribution in [3.63, 3.8) is 0 Å². The maximum absolute atomic E-state index is 11.7. The van der Waals surface area contributed by atoms with Crippen molar-refractivity contribution >= 4 is 35.0 Å². The predicted octanol–water partition coefficient (Wildman–Crippen LogP) is 0.569. The molecule has 1 atom stereocenters. The van der Waals surface area contributed by atoms with E-state index in [1.807, 2.05) is 0 Å². The first kappa shape index (κ1) is 13.8. The molecule has 0 spiro atoms. The summed E-state index contributed by atoms with van der Waals surface area (Å²) < 4.78 is 0. The first-order chi connectivity index (χ1) is 7.93. The maximum Gasteiger partial charge on any atom is 0.254 e. The number of hydrogen-bond acceptors (Lipinski definition) is 3. The number of carbonyl (C=O) groups excluding carboxylic acids is 2. The van der Waals surface area contributed by atoms with Crippen LogP contribution in [-0.4, -0.2) is 29.6 Å². The van der Waals surface area contributed by atoms with Crippen molar-refractivity contribution in [2.45, 2.75) is 6.10 Å². The smallest absolute Gasteiger partial charge is 0.254 e. The minimum atomic E-state index is -1.44. The standard InChI is InChI=1S/C10H10Cl2N2O3/c11-5-2-1-3-6(12)8(5)10(17)14-4-7(15)9(13)16/h1-3,7,15H,4H2,(H2,13,16)(H,14,17). The van der Waals surface area contributed by atoms with Crippen molar-refractivity contribution < 1.29 is 14.7 Å². The van der Waals surface area contributed by atoms with Gasteiger partial charge in [0.1, 0.15) is 6.10 Å². The molecule has 0 aliphatic rings. The number of halogens is 2. The summed E-state index contributed by atoms with van der Waals surface area (Å²) in [5, 5.41) is 11.8. The van der Waals surface area contributed by atoms with E-state index >= 15 is 0 Å². The Bertz CT molecular complexity index is 431. The summed E-state index contributed by atoms with van der Waals surface area (Å²) in [6.45, 7) is -0.296. The zero-order valence-electron chi connectivity index (χ0n) is 8.61. The van der Waals surface area contributed by atoms with Gasteiger partial charge in [0.05, 0.1) is 22.2 Å². The Morgan fingerprint density at radius 3 is 2.35 bits per heavy atom. The second-order valence-electron chi connectivity index (χ2n) is 3.22. The molecule has 0 saturated heterocycles. The average Bonchev–Trinajstić information content (AvgIpc) is 2.25. The molecule has 17 heavy (non-hydrogen) atoms. The summed E-state index contributed by atoms with van der Waals surface area (Å²) in [5.74, 6) is -1.50. The van der Waals surface area contributed by atoms with Gasteiger partial charge in [0.2, 0.25) is 5.91 Å². The minimum Gasteiger partial charge on any atom is -0.381 e. The van der Waals surface area contributed by atoms with Crippen molar-refractivity contribution in [1.29, 1.82) is 0 Å². The molecule has 1 rings (SSSR count). The summed E-state index contributed by atoms with van der Waals surface area (Å²) in [7, 11) is 0. The molecule has 4 N–H and O–H groups in total. The number of aliphatic hydroxyl groups is 1. The highest BCUT2D eigenvalue weighted by Gasteiger charge is 2.17. The van der Waals surface area contributed by atoms with E-state index in [9.17, 15) is 9.59 Å². The van der Waals surface area contributed by atoms with Gasteiger partial charge in [0.15, 0.2) is 0 Å². The molecular weight excluding hydrogens is 267 g/mol. The van der Waals surface area contributed by atoms with Gasteiger partial charge in [-0.05, 0) is 12.1 Å². The molecule has 0 aliphatic heterocycles. The van der Waals surface area contributed by atoms with Gasteiger partial charge < -0.3 is 16.2 Å². The molecule has 1 unspecified atom stereocenters. The van der Waals surface area contributed by atoms with Crippen LogP contribution in [0.5, 0.6) is 0 Å². The van der Waals surface area contributed by atoms with Crippen LogP contribution >= 0.6 is 23.2 Å². The van der Waals surface area contributed by atoms with Crippen LogP contribution in [0.3, 0.4) is 0 Å². The zero-order valence-corrected chi connectivity index (χ0v) is 10.1. The largest absolute Gasteiger partial charge is 0.381 e. The van der Waals surface area contributed by atoms with Gasteiger partial charge in [-0.3, -0.25) is 9.59 Å². The third-order valence-corrected chi connectivity index (χ3v) is 2.60. The molecule has 0 heterocycles. The maximum atomic E-state index is 11.7. The average molecular weight is 277 g/mol. The van der Waals surface area contributed by atoms with Gasteiger partial charge in [-0.25, -0.2) is 0 Å². The van der Waals surface area contributed by atoms with Crippen LogP contribution in [0.2, 0.25) is 10.0 Å². The first-order valence-corrected chi connectivity index (χ1v) is 5.38. The Hall–Kier alpha value is -1.30. The number of nitrogens with one attached hydrogen (secondary N) is 1. The van der Waals surface area contributed by atoms with Crippen LogP contribution in [0.4, 0.5) is 0 Å². The molecule has 0 aliphatic carbocycles. The zero-order chi connectivity index (χ0) is 13.0. The quantitative estimate of drug-likeness (QED) is 0.751. The van der Waals surface area contributed by atoms with Gasteiger partial charge in [-0.15, -0.1) is 0 Å². The molecule has 1 aromatic carbocycles. The number of benzene rings is 1. The van der Waals surface area contributed by atoms with Crippen LogP contribution in [-0.2, 0) is 4.79 Å². The number of amides is 2. The molecule has 0 fully saturated rings. The van der Waals surface area contributed by atoms with Gasteiger partial charge in [0.25, 0.3) is 5.91 Å². The summed E-state index contributed by atoms with van der Waals surface area (Å²) in [6, 6.07) is 4.61. The van der Waals surface area contributed by atoms with Crippen molar-refractivity contribution in [2.24, 2.45) is 5.73 Å². The van der Waals surface area contributed by atoms with Crippen LogP contribution in [0.25, 0.3) is 0 Å². The highest BCUT2D eigenvalue weighted by atomic mass is 35.5. The van der Waals surface area contributed by atoms with E-state index in [-0.39, 0.29) is 22.2 Å². The Balaban J connectivity index is 2.74. The second-order valence-corrected chi connectivity index (χ2v) is 4.04. The van der Waals surface area contributed by atoms with Gasteiger partial charge in [-0.1, -0.05) is 29.3 Å². The lowest BCUT2D eigenvalue weighted by Crippen LogP contribution is -2.40. The molecule has 0 bridgehead atoms. The molecule has 7 heteroatoms. The van der Waals surface area contributed by atoms with E-state index in [0.717, 1.165) is 0 Å². The number of primary amides is 1. The highest BCUT2D eigenvalue weighted by Crippen LogP contribution is 2.23. The van der Waals surface area contributed by atoms with Crippen molar-refractivity contribution in [3.8, 4) is 0 Å². The monoisotopic (exact) mass is 276 g/mol. The number of hydrogen-bond donors (Lipinski definition) is 3. The summed E-state index contributed by atoms with van der Waals surface area (Å²) >= 11 is 11.6. The predicted molar refractivity (Wildman–Crippen MR) is 64.0 cm³/mol. The van der Waals surface area contributed by atoms with E-state index in [1.165, 1.54) is 12.1 Å². The normalized spacial score (nSPS) is 11.9. The number of nitrogens with two attached hydrogens (primary N) is 1. The Labute approximate surface area is 108 Å². The first-order valence-electron chi connectivity index (χ1n) is 4.63. The van der Waals surface area contributed by atoms with Crippen LogP contribution in [0, 0.1) is 0 Å². The molecular formula is C10H10Cl2N2O3. The number of rotatable bonds is 4. The number of carbonyl (C=O) groups is 2. The van der Waals surface area contributed by atoms with E-state index < -0.39 is 17.9 Å². The van der Waals surface area contributed by atoms with Crippen molar-refractivity contribution in [2.75, 3.05) is 6.54 Å². The highest BCUT2D eigenvalue weighted by molar-refractivity contribution is 6.39. The van der Waals surface area contributed by atoms with Crippen LogP contribution < -0.4 is 11.1 Å². The summed E-state index contributed by atoms with van der Waals surface area (Å²) in [5.41, 5.74) is 4.92. The molecule has 0 radical (unpaired) electrons. The van der Waals surface area contributed by atoms with Gasteiger partial charge >= 0.3 is 0 Å². The Morgan fingerprint density at radius 2 is 1.88 bits per heavy atom. The van der Waals surface area contributed by atoms with Crippen LogP contribution in [0.15, 0.2) is 18.2 Å². The molecule has 2 amide bonds. The third kappa shape index (κ3) is 3.59. The number of aliphatic hydroxyl groups excluding tert-OH is 1. The van der Waals surface area contributed by atoms with Crippen LogP contribution in [0.1, 0.15) is 10.4 Å². The summed E-state index contributed by atoms with van der Waals surface area (Å²) in [4.78, 5) is 22.2. The van der Waals surface area contributed by atoms with E-state index in [0.29, 0.717) is 0 Å². The molecule has 92 valence electrons. The molecule has 1 aromatic rings. The lowest BCUT2D eigenvalue weighted by atomic mass is 10.2. The Kier molecular flexibility index (Phi) is 4.74. The fraction of sp³-hybridized carbons (Fsp3) is 0.200. The van der Waals surface area contributed by atoms with E-state index in [1.54, 1.807) is 6.07 Å². The van der Waals surface area contributed by atoms with Gasteiger partial charge in [-0.2, -0.15) is 0 Å². The lowest BCUT2D eigenvalue weighted by Gasteiger charge is -2.10. The van der Waals surface area contributed by atoms with E-state index in [4.69, 9.17) is 34.0 Å². The lowest BCUT2D eigenvalue weighted by molar-refractivity contribution is -0.125. The Morgan fingerprint density at radius 1 is 1.35 bits per heavy atom. The SMILES string of the molecule is NC(=O)C(O)CNC(=O)c1c(Cl)cccc1Cl. The topological polar surface area (TPSA) is 92.4 Å². The molecule has 5 nitrogen and oxygen atoms in total. The summed E-state index contributed by atoms with van der Waals surface area (Å²) in [6.07, 6.45) is -1.44. The van der Waals surface area contributed by atoms with Crippen molar-refractivity contribution in [1.82, 2.24) is 5.32 Å². The van der Waals surface area contributed by atoms with E-state index in [2.05, 4.69) is 5.32 Å². The minimum absolute atomic E-state index is 0.0903. The fourth-order valence-electron chi connectivity index (χ4n) is 1.09. The molecule has 0 saturated carbocycles.